The largest absolute Gasteiger partial charge is 0.508 e. The SMILES string of the molecule is O=C(O)[C@H]1O[C@@H](O[C@@H]2[C@@H](O)[C@H](O)[C@@H](CO)O[C@H]2c2ccc(O)cc2O)[C@H](O)[C@@H](O)[C@@H]1O. The van der Waals surface area contributed by atoms with Gasteiger partial charge in [-0.3, -0.25) is 0 Å². The topological polar surface area (TPSA) is 227 Å². The average Bonchev–Trinajstić information content (AvgIpc) is 2.72. The maximum Gasteiger partial charge on any atom is 0.335 e. The first kappa shape index (κ1) is 23.6. The van der Waals surface area contributed by atoms with Crippen LogP contribution in [-0.2, 0) is 19.0 Å². The smallest absolute Gasteiger partial charge is 0.335 e. The van der Waals surface area contributed by atoms with Gasteiger partial charge in [0.15, 0.2) is 12.4 Å². The molecule has 0 aromatic heterocycles. The molecule has 0 saturated carbocycles. The molecule has 13 nitrogen and oxygen atoms in total. The van der Waals surface area contributed by atoms with Gasteiger partial charge in [-0.25, -0.2) is 4.79 Å². The van der Waals surface area contributed by atoms with Gasteiger partial charge in [-0.1, -0.05) is 0 Å². The molecule has 9 N–H and O–H groups in total. The third kappa shape index (κ3) is 4.45. The molecule has 1 aromatic carbocycles. The Bertz CT molecular complexity index is 788. The van der Waals surface area contributed by atoms with Gasteiger partial charge in [0.1, 0.15) is 60.3 Å². The molecule has 10 atom stereocenters. The van der Waals surface area contributed by atoms with Crippen LogP contribution in [0.4, 0.5) is 0 Å². The Balaban J connectivity index is 1.94. The molecule has 0 aliphatic carbocycles. The second kappa shape index (κ2) is 9.20. The highest BCUT2D eigenvalue weighted by atomic mass is 16.7. The summed E-state index contributed by atoms with van der Waals surface area (Å²) >= 11 is 0. The van der Waals surface area contributed by atoms with E-state index >= 15 is 0 Å². The van der Waals surface area contributed by atoms with Crippen LogP contribution in [-0.4, -0.2) is 114 Å². The lowest BCUT2D eigenvalue weighted by Crippen LogP contribution is -2.63. The van der Waals surface area contributed by atoms with E-state index in [0.717, 1.165) is 6.07 Å². The number of carboxylic acid groups (broad SMARTS) is 1. The van der Waals surface area contributed by atoms with Crippen molar-refractivity contribution in [2.24, 2.45) is 0 Å². The third-order valence-corrected chi connectivity index (χ3v) is 5.29. The highest BCUT2D eigenvalue weighted by molar-refractivity contribution is 5.73. The Kier molecular flexibility index (Phi) is 7.00. The van der Waals surface area contributed by atoms with Gasteiger partial charge in [0, 0.05) is 11.6 Å². The molecule has 0 spiro atoms. The standard InChI is InChI=1S/C18H24O13/c19-4-8-9(22)11(24)15(14(29-8)6-2-1-5(20)3-7(6)21)30-18-13(26)10(23)12(25)16(31-18)17(27)28/h1-3,8-16,18-26H,4H2,(H,27,28)/t8-,9-,10+,11+,12+,13-,14+,15-,16+,18-/m1/s1. The Morgan fingerprint density at radius 3 is 2.19 bits per heavy atom. The van der Waals surface area contributed by atoms with Crippen molar-refractivity contribution >= 4 is 5.97 Å². The average molecular weight is 448 g/mol. The molecule has 0 radical (unpaired) electrons. The molecule has 2 aliphatic rings. The Morgan fingerprint density at radius 1 is 0.935 bits per heavy atom. The molecule has 31 heavy (non-hydrogen) atoms. The maximum atomic E-state index is 11.3. The van der Waals surface area contributed by atoms with Gasteiger partial charge in [-0.15, -0.1) is 0 Å². The summed E-state index contributed by atoms with van der Waals surface area (Å²) in [7, 11) is 0. The van der Waals surface area contributed by atoms with E-state index in [0.29, 0.717) is 0 Å². The summed E-state index contributed by atoms with van der Waals surface area (Å²) in [5.41, 5.74) is -0.0344. The first-order valence-corrected chi connectivity index (χ1v) is 9.29. The molecular weight excluding hydrogens is 424 g/mol. The van der Waals surface area contributed by atoms with E-state index in [1.807, 2.05) is 0 Å². The van der Waals surface area contributed by atoms with Gasteiger partial charge in [-0.05, 0) is 12.1 Å². The number of rotatable bonds is 5. The monoisotopic (exact) mass is 448 g/mol. The van der Waals surface area contributed by atoms with Crippen molar-refractivity contribution in [2.45, 2.75) is 61.2 Å². The molecule has 13 heteroatoms. The number of carboxylic acids is 1. The Hall–Kier alpha value is -2.07. The molecule has 0 amide bonds. The molecule has 174 valence electrons. The van der Waals surface area contributed by atoms with Gasteiger partial charge in [0.2, 0.25) is 0 Å². The van der Waals surface area contributed by atoms with Crippen LogP contribution in [0.15, 0.2) is 18.2 Å². The highest BCUT2D eigenvalue weighted by Gasteiger charge is 2.52. The summed E-state index contributed by atoms with van der Waals surface area (Å²) in [5.74, 6) is -2.43. The second-order valence-corrected chi connectivity index (χ2v) is 7.34. The predicted octanol–water partition coefficient (Wildman–Crippen LogP) is -3.47. The van der Waals surface area contributed by atoms with Crippen LogP contribution in [0.3, 0.4) is 0 Å². The molecule has 0 bridgehead atoms. The Morgan fingerprint density at radius 2 is 1.61 bits per heavy atom. The second-order valence-electron chi connectivity index (χ2n) is 7.34. The van der Waals surface area contributed by atoms with Crippen molar-refractivity contribution in [2.75, 3.05) is 6.61 Å². The minimum Gasteiger partial charge on any atom is -0.508 e. The number of aliphatic hydroxyl groups is 6. The van der Waals surface area contributed by atoms with Crippen molar-refractivity contribution in [3.63, 3.8) is 0 Å². The van der Waals surface area contributed by atoms with Crippen molar-refractivity contribution in [1.82, 2.24) is 0 Å². The van der Waals surface area contributed by atoms with Crippen molar-refractivity contribution in [1.29, 1.82) is 0 Å². The number of phenols is 2. The van der Waals surface area contributed by atoms with Crippen LogP contribution < -0.4 is 0 Å². The number of aliphatic hydroxyl groups excluding tert-OH is 6. The Labute approximate surface area is 174 Å². The fourth-order valence-electron chi connectivity index (χ4n) is 3.58. The minimum absolute atomic E-state index is 0.0344. The zero-order valence-corrected chi connectivity index (χ0v) is 15.9. The minimum atomic E-state index is -1.97. The van der Waals surface area contributed by atoms with Gasteiger partial charge < -0.3 is 60.2 Å². The van der Waals surface area contributed by atoms with Crippen LogP contribution >= 0.6 is 0 Å². The zero-order valence-electron chi connectivity index (χ0n) is 15.9. The van der Waals surface area contributed by atoms with Gasteiger partial charge >= 0.3 is 5.97 Å². The van der Waals surface area contributed by atoms with E-state index in [1.165, 1.54) is 12.1 Å². The maximum absolute atomic E-state index is 11.3. The van der Waals surface area contributed by atoms with Gasteiger partial charge in [0.05, 0.1) is 6.61 Å². The van der Waals surface area contributed by atoms with E-state index < -0.39 is 79.6 Å². The van der Waals surface area contributed by atoms with Crippen LogP contribution in [0.25, 0.3) is 0 Å². The summed E-state index contributed by atoms with van der Waals surface area (Å²) in [6, 6.07) is 3.38. The summed E-state index contributed by atoms with van der Waals surface area (Å²) < 4.78 is 16.1. The third-order valence-electron chi connectivity index (χ3n) is 5.29. The van der Waals surface area contributed by atoms with E-state index in [1.54, 1.807) is 0 Å². The summed E-state index contributed by atoms with van der Waals surface area (Å²) in [5, 5.41) is 89.0. The number of aliphatic carboxylic acids is 1. The van der Waals surface area contributed by atoms with Crippen molar-refractivity contribution < 1.29 is 65.0 Å². The van der Waals surface area contributed by atoms with Crippen molar-refractivity contribution in [3.05, 3.63) is 23.8 Å². The predicted molar refractivity (Wildman–Crippen MR) is 95.7 cm³/mol. The fraction of sp³-hybridized carbons (Fsp3) is 0.611. The first-order valence-electron chi connectivity index (χ1n) is 9.29. The number of aromatic hydroxyl groups is 2. The molecule has 2 heterocycles. The molecule has 3 rings (SSSR count). The molecular formula is C18H24O13. The van der Waals surface area contributed by atoms with E-state index in [4.69, 9.17) is 19.3 Å². The van der Waals surface area contributed by atoms with E-state index in [2.05, 4.69) is 0 Å². The molecule has 2 fully saturated rings. The van der Waals surface area contributed by atoms with Crippen LogP contribution in [0.5, 0.6) is 11.5 Å². The molecule has 0 unspecified atom stereocenters. The number of phenolic OH excluding ortho intramolecular Hbond substituents is 2. The normalized spacial score (nSPS) is 41.1. The number of hydrogen-bond acceptors (Lipinski definition) is 12. The van der Waals surface area contributed by atoms with Gasteiger partial charge in [-0.2, -0.15) is 0 Å². The van der Waals surface area contributed by atoms with Crippen LogP contribution in [0.1, 0.15) is 11.7 Å². The first-order chi connectivity index (χ1) is 14.6. The van der Waals surface area contributed by atoms with E-state index in [9.17, 15) is 45.6 Å². The van der Waals surface area contributed by atoms with Crippen LogP contribution in [0, 0.1) is 0 Å². The lowest BCUT2D eigenvalue weighted by Gasteiger charge is -2.46. The lowest BCUT2D eigenvalue weighted by molar-refractivity contribution is -0.337. The fourth-order valence-corrected chi connectivity index (χ4v) is 3.58. The number of hydrogen-bond donors (Lipinski definition) is 9. The highest BCUT2D eigenvalue weighted by Crippen LogP contribution is 2.40. The molecule has 2 aliphatic heterocycles. The summed E-state index contributed by atoms with van der Waals surface area (Å²) in [6.07, 6.45) is -17.5. The van der Waals surface area contributed by atoms with E-state index in [-0.39, 0.29) is 11.3 Å². The molecule has 1 aromatic rings. The number of ether oxygens (including phenoxy) is 3. The summed E-state index contributed by atoms with van der Waals surface area (Å²) in [6.45, 7) is -0.713. The number of benzene rings is 1. The van der Waals surface area contributed by atoms with Crippen LogP contribution in [0.2, 0.25) is 0 Å². The lowest BCUT2D eigenvalue weighted by atomic mass is 9.90. The number of carbonyl (C=O) groups is 1. The van der Waals surface area contributed by atoms with Crippen molar-refractivity contribution in [3.8, 4) is 11.5 Å². The van der Waals surface area contributed by atoms with Gasteiger partial charge in [0.25, 0.3) is 0 Å². The quantitative estimate of drug-likeness (QED) is 0.214. The molecule has 2 saturated heterocycles. The summed E-state index contributed by atoms with van der Waals surface area (Å²) in [4.78, 5) is 11.3. The zero-order chi connectivity index (χ0) is 23.0.